The van der Waals surface area contributed by atoms with Gasteiger partial charge in [0.25, 0.3) is 6.43 Å². The second kappa shape index (κ2) is 3.00. The van der Waals surface area contributed by atoms with E-state index >= 15 is 0 Å². The number of nitrogens with zero attached hydrogens (tertiary/aromatic N) is 1. The van der Waals surface area contributed by atoms with Crippen LogP contribution in [0, 0.1) is 12.9 Å². The van der Waals surface area contributed by atoms with Gasteiger partial charge < -0.3 is 5.73 Å². The monoisotopic (exact) mass is 176 g/mol. The summed E-state index contributed by atoms with van der Waals surface area (Å²) >= 11 is 0. The van der Waals surface area contributed by atoms with Gasteiger partial charge >= 0.3 is 0 Å². The highest BCUT2D eigenvalue weighted by Gasteiger charge is 2.14. The molecule has 0 saturated carbocycles. The van der Waals surface area contributed by atoms with Crippen LogP contribution in [0.5, 0.6) is 0 Å². The van der Waals surface area contributed by atoms with Gasteiger partial charge in [-0.05, 0) is 6.92 Å². The molecule has 1 aromatic heterocycles. The molecule has 0 amide bonds. The van der Waals surface area contributed by atoms with E-state index in [1.807, 2.05) is 0 Å². The topological polar surface area (TPSA) is 38.9 Å². The zero-order chi connectivity index (χ0) is 9.30. The first-order chi connectivity index (χ1) is 5.52. The van der Waals surface area contributed by atoms with Gasteiger partial charge in [0.15, 0.2) is 0 Å². The zero-order valence-corrected chi connectivity index (χ0v) is 6.31. The van der Waals surface area contributed by atoms with Gasteiger partial charge in [0.1, 0.15) is 5.82 Å². The summed E-state index contributed by atoms with van der Waals surface area (Å²) < 4.78 is 36.7. The lowest BCUT2D eigenvalue weighted by atomic mass is 10.1. The van der Waals surface area contributed by atoms with Crippen molar-refractivity contribution in [2.45, 2.75) is 13.3 Å². The number of alkyl halides is 2. The van der Waals surface area contributed by atoms with Crippen molar-refractivity contribution in [2.75, 3.05) is 5.73 Å². The van der Waals surface area contributed by atoms with E-state index in [4.69, 9.17) is 5.73 Å². The fourth-order valence-electron chi connectivity index (χ4n) is 0.842. The highest BCUT2D eigenvalue weighted by atomic mass is 19.3. The molecule has 1 aromatic rings. The third kappa shape index (κ3) is 1.49. The van der Waals surface area contributed by atoms with Gasteiger partial charge in [0.2, 0.25) is 5.95 Å². The van der Waals surface area contributed by atoms with Crippen LogP contribution in [0.3, 0.4) is 0 Å². The summed E-state index contributed by atoms with van der Waals surface area (Å²) in [6.07, 6.45) is -2.72. The Bertz CT molecular complexity index is 299. The molecule has 2 N–H and O–H groups in total. The van der Waals surface area contributed by atoms with Crippen LogP contribution in [-0.4, -0.2) is 4.98 Å². The minimum Gasteiger partial charge on any atom is -0.383 e. The maximum atomic E-state index is 12.4. The number of hydrogen-bond donors (Lipinski definition) is 1. The van der Waals surface area contributed by atoms with Gasteiger partial charge in [-0.2, -0.15) is 4.39 Å². The number of pyridine rings is 1. The van der Waals surface area contributed by atoms with E-state index in [2.05, 4.69) is 4.98 Å². The molecule has 12 heavy (non-hydrogen) atoms. The van der Waals surface area contributed by atoms with Gasteiger partial charge in [-0.25, -0.2) is 13.8 Å². The maximum absolute atomic E-state index is 12.4. The van der Waals surface area contributed by atoms with Crippen LogP contribution in [0.15, 0.2) is 6.07 Å². The normalized spacial score (nSPS) is 10.8. The molecule has 0 aliphatic carbocycles. The molecule has 0 aliphatic rings. The van der Waals surface area contributed by atoms with Crippen LogP contribution in [0.25, 0.3) is 0 Å². The third-order valence-corrected chi connectivity index (χ3v) is 1.55. The largest absolute Gasteiger partial charge is 0.383 e. The minimum absolute atomic E-state index is 0.131. The van der Waals surface area contributed by atoms with E-state index in [9.17, 15) is 13.2 Å². The van der Waals surface area contributed by atoms with Gasteiger partial charge in [0.05, 0.1) is 0 Å². The maximum Gasteiger partial charge on any atom is 0.264 e. The summed E-state index contributed by atoms with van der Waals surface area (Å²) in [6.45, 7) is 1.38. The molecule has 0 unspecified atom stereocenters. The smallest absolute Gasteiger partial charge is 0.264 e. The molecule has 0 saturated heterocycles. The fourth-order valence-corrected chi connectivity index (χ4v) is 0.842. The van der Waals surface area contributed by atoms with Crippen molar-refractivity contribution in [3.63, 3.8) is 0 Å². The Hall–Kier alpha value is -1.26. The number of rotatable bonds is 1. The molecule has 0 spiro atoms. The number of anilines is 1. The second-order valence-corrected chi connectivity index (χ2v) is 2.35. The van der Waals surface area contributed by atoms with E-state index in [1.54, 1.807) is 0 Å². The van der Waals surface area contributed by atoms with Crippen LogP contribution in [-0.2, 0) is 0 Å². The number of nitrogens with two attached hydrogens (primary N) is 1. The Labute approximate surface area is 67.2 Å². The molecule has 0 fully saturated rings. The standard InChI is InChI=1S/C7H7F3N2/c1-3-4(6(9)10)2-5(8)12-7(3)11/h2,6H,1H3,(H2,11,12). The summed E-state index contributed by atoms with van der Waals surface area (Å²) in [5.74, 6) is -1.17. The van der Waals surface area contributed by atoms with Crippen LogP contribution in [0.2, 0.25) is 0 Å². The van der Waals surface area contributed by atoms with Gasteiger partial charge in [-0.3, -0.25) is 0 Å². The average Bonchev–Trinajstić information content (AvgIpc) is 1.96. The minimum atomic E-state index is -2.72. The van der Waals surface area contributed by atoms with E-state index in [0.29, 0.717) is 6.07 Å². The first-order valence-corrected chi connectivity index (χ1v) is 3.23. The molecule has 0 aliphatic heterocycles. The molecule has 2 nitrogen and oxygen atoms in total. The van der Waals surface area contributed by atoms with Crippen molar-refractivity contribution in [2.24, 2.45) is 0 Å². The number of hydrogen-bond acceptors (Lipinski definition) is 2. The molecule has 1 heterocycles. The molecule has 0 radical (unpaired) electrons. The van der Waals surface area contributed by atoms with Crippen molar-refractivity contribution in [1.82, 2.24) is 4.98 Å². The van der Waals surface area contributed by atoms with Crippen molar-refractivity contribution in [3.8, 4) is 0 Å². The molecule has 0 atom stereocenters. The first kappa shape index (κ1) is 8.83. The van der Waals surface area contributed by atoms with E-state index in [1.165, 1.54) is 6.92 Å². The lowest BCUT2D eigenvalue weighted by molar-refractivity contribution is 0.150. The predicted molar refractivity (Wildman–Crippen MR) is 38.3 cm³/mol. The molecular formula is C7H7F3N2. The SMILES string of the molecule is Cc1c(C(F)F)cc(F)nc1N. The van der Waals surface area contributed by atoms with Gasteiger partial charge in [-0.15, -0.1) is 0 Å². The Morgan fingerprint density at radius 3 is 2.58 bits per heavy atom. The summed E-state index contributed by atoms with van der Waals surface area (Å²) in [5, 5.41) is 0. The lowest BCUT2D eigenvalue weighted by Gasteiger charge is -2.05. The van der Waals surface area contributed by atoms with Crippen molar-refractivity contribution in [3.05, 3.63) is 23.1 Å². The summed E-state index contributed by atoms with van der Waals surface area (Å²) in [7, 11) is 0. The highest BCUT2D eigenvalue weighted by molar-refractivity contribution is 5.43. The second-order valence-electron chi connectivity index (χ2n) is 2.35. The van der Waals surface area contributed by atoms with Gasteiger partial charge in [0, 0.05) is 17.2 Å². The number of aromatic nitrogens is 1. The molecule has 0 aromatic carbocycles. The number of halogens is 3. The molecule has 66 valence electrons. The van der Waals surface area contributed by atoms with Crippen molar-refractivity contribution in [1.29, 1.82) is 0 Å². The Balaban J connectivity index is 3.28. The summed E-state index contributed by atoms with van der Waals surface area (Å²) in [6, 6.07) is 0.691. The van der Waals surface area contributed by atoms with Crippen LogP contribution in [0.1, 0.15) is 17.6 Å². The third-order valence-electron chi connectivity index (χ3n) is 1.55. The molecule has 0 bridgehead atoms. The van der Waals surface area contributed by atoms with E-state index in [0.717, 1.165) is 0 Å². The number of nitrogen functional groups attached to an aromatic ring is 1. The Morgan fingerprint density at radius 2 is 2.08 bits per heavy atom. The van der Waals surface area contributed by atoms with Crippen molar-refractivity contribution < 1.29 is 13.2 Å². The van der Waals surface area contributed by atoms with Crippen molar-refractivity contribution >= 4 is 5.82 Å². The quantitative estimate of drug-likeness (QED) is 0.665. The fraction of sp³-hybridized carbons (Fsp3) is 0.286. The highest BCUT2D eigenvalue weighted by Crippen LogP contribution is 2.25. The van der Waals surface area contributed by atoms with Gasteiger partial charge in [-0.1, -0.05) is 0 Å². The van der Waals surface area contributed by atoms with E-state index in [-0.39, 0.29) is 11.4 Å². The average molecular weight is 176 g/mol. The van der Waals surface area contributed by atoms with Crippen LogP contribution >= 0.6 is 0 Å². The summed E-state index contributed by atoms with van der Waals surface area (Å²) in [5.41, 5.74) is 4.90. The molecular weight excluding hydrogens is 169 g/mol. The predicted octanol–water partition coefficient (Wildman–Crippen LogP) is 2.05. The summed E-state index contributed by atoms with van der Waals surface area (Å²) in [4.78, 5) is 3.19. The first-order valence-electron chi connectivity index (χ1n) is 3.23. The van der Waals surface area contributed by atoms with Crippen LogP contribution in [0.4, 0.5) is 19.0 Å². The Morgan fingerprint density at radius 1 is 1.50 bits per heavy atom. The zero-order valence-electron chi connectivity index (χ0n) is 6.31. The Kier molecular flexibility index (Phi) is 2.21. The lowest BCUT2D eigenvalue weighted by Crippen LogP contribution is -2.01. The van der Waals surface area contributed by atoms with E-state index < -0.39 is 17.9 Å². The molecule has 5 heteroatoms. The molecule has 1 rings (SSSR count). The van der Waals surface area contributed by atoms with Crippen LogP contribution < -0.4 is 5.73 Å².